The summed E-state index contributed by atoms with van der Waals surface area (Å²) in [5.41, 5.74) is 1.51. The highest BCUT2D eigenvalue weighted by Crippen LogP contribution is 2.23. The molecule has 12 heavy (non-hydrogen) atoms. The molecule has 0 aromatic heterocycles. The number of nitrogens with one attached hydrogen (secondary N) is 1. The van der Waals surface area contributed by atoms with Gasteiger partial charge in [-0.2, -0.15) is 0 Å². The number of rotatable bonds is 1. The summed E-state index contributed by atoms with van der Waals surface area (Å²) in [5, 5.41) is 17.6. The first-order chi connectivity index (χ1) is 5.66. The van der Waals surface area contributed by atoms with Crippen LogP contribution in [0, 0.1) is 3.57 Å². The summed E-state index contributed by atoms with van der Waals surface area (Å²) in [7, 11) is 0. The summed E-state index contributed by atoms with van der Waals surface area (Å²) in [6.45, 7) is 0. The van der Waals surface area contributed by atoms with Crippen molar-refractivity contribution in [1.82, 2.24) is 5.48 Å². The second-order valence-corrected chi connectivity index (χ2v) is 3.24. The zero-order valence-corrected chi connectivity index (χ0v) is 8.07. The minimum absolute atomic E-state index is 0.0596. The second-order valence-electron chi connectivity index (χ2n) is 2.08. The van der Waals surface area contributed by atoms with Crippen molar-refractivity contribution in [2.75, 3.05) is 0 Å². The average Bonchev–Trinajstić information content (AvgIpc) is 2.08. The highest BCUT2D eigenvalue weighted by molar-refractivity contribution is 14.1. The Hall–Kier alpha value is -0.820. The minimum atomic E-state index is -0.717. The van der Waals surface area contributed by atoms with E-state index in [4.69, 9.17) is 5.21 Å². The van der Waals surface area contributed by atoms with Gasteiger partial charge in [0.2, 0.25) is 0 Å². The predicted octanol–water partition coefficient (Wildman–Crippen LogP) is 1.12. The van der Waals surface area contributed by atoms with Gasteiger partial charge in [0, 0.05) is 0 Å². The summed E-state index contributed by atoms with van der Waals surface area (Å²) < 4.78 is 0.564. The van der Waals surface area contributed by atoms with Crippen molar-refractivity contribution >= 4 is 28.5 Å². The number of phenolic OH excluding ortho intramolecular Hbond substituents is 1. The standard InChI is InChI=1S/C7H6INO3/c8-5-3-1-2-4(6(5)10)7(11)9-12/h1-3,10,12H,(H,9,11). The van der Waals surface area contributed by atoms with Gasteiger partial charge in [0.05, 0.1) is 9.13 Å². The predicted molar refractivity (Wildman–Crippen MR) is 50.1 cm³/mol. The molecule has 0 bridgehead atoms. The third-order valence-corrected chi connectivity index (χ3v) is 2.20. The molecule has 1 aromatic rings. The van der Waals surface area contributed by atoms with Gasteiger partial charge in [0.1, 0.15) is 5.75 Å². The summed E-state index contributed by atoms with van der Waals surface area (Å²) in [5.74, 6) is -0.837. The molecule has 0 aliphatic rings. The minimum Gasteiger partial charge on any atom is -0.506 e. The maximum absolute atomic E-state index is 10.9. The van der Waals surface area contributed by atoms with Crippen molar-refractivity contribution in [3.63, 3.8) is 0 Å². The number of para-hydroxylation sites is 1. The topological polar surface area (TPSA) is 69.6 Å². The summed E-state index contributed by atoms with van der Waals surface area (Å²) in [6, 6.07) is 4.69. The van der Waals surface area contributed by atoms with Gasteiger partial charge in [-0.3, -0.25) is 10.0 Å². The van der Waals surface area contributed by atoms with Crippen LogP contribution in [-0.4, -0.2) is 16.2 Å². The molecule has 1 rings (SSSR count). The molecule has 0 spiro atoms. The fraction of sp³-hybridized carbons (Fsp3) is 0. The number of aromatic hydroxyl groups is 1. The molecule has 64 valence electrons. The number of hydroxylamine groups is 1. The lowest BCUT2D eigenvalue weighted by Crippen LogP contribution is -2.18. The lowest BCUT2D eigenvalue weighted by atomic mass is 10.2. The summed E-state index contributed by atoms with van der Waals surface area (Å²) in [6.07, 6.45) is 0. The fourth-order valence-electron chi connectivity index (χ4n) is 0.759. The van der Waals surface area contributed by atoms with E-state index in [1.807, 2.05) is 22.6 Å². The number of carbonyl (C=O) groups excluding carboxylic acids is 1. The Morgan fingerprint density at radius 1 is 1.50 bits per heavy atom. The van der Waals surface area contributed by atoms with Crippen molar-refractivity contribution in [2.45, 2.75) is 0 Å². The zero-order valence-electron chi connectivity index (χ0n) is 5.91. The van der Waals surface area contributed by atoms with Crippen LogP contribution in [0.4, 0.5) is 0 Å². The Bertz CT molecular complexity index is 314. The normalized spacial score (nSPS) is 9.50. The van der Waals surface area contributed by atoms with E-state index >= 15 is 0 Å². The van der Waals surface area contributed by atoms with Gasteiger partial charge in [0.25, 0.3) is 5.91 Å². The molecule has 5 heteroatoms. The van der Waals surface area contributed by atoms with Crippen LogP contribution in [0.1, 0.15) is 10.4 Å². The molecule has 0 aliphatic heterocycles. The van der Waals surface area contributed by atoms with Gasteiger partial charge in [-0.1, -0.05) is 6.07 Å². The summed E-state index contributed by atoms with van der Waals surface area (Å²) >= 11 is 1.89. The first-order valence-corrected chi connectivity index (χ1v) is 4.16. The number of halogens is 1. The number of amides is 1. The molecule has 0 saturated heterocycles. The highest BCUT2D eigenvalue weighted by atomic mass is 127. The van der Waals surface area contributed by atoms with Crippen LogP contribution in [0.5, 0.6) is 5.75 Å². The largest absolute Gasteiger partial charge is 0.506 e. The Balaban J connectivity index is 3.16. The van der Waals surface area contributed by atoms with Crippen molar-refractivity contribution < 1.29 is 15.1 Å². The lowest BCUT2D eigenvalue weighted by Gasteiger charge is -2.02. The molecule has 0 aliphatic carbocycles. The van der Waals surface area contributed by atoms with E-state index in [0.717, 1.165) is 0 Å². The van der Waals surface area contributed by atoms with E-state index in [0.29, 0.717) is 3.57 Å². The first-order valence-electron chi connectivity index (χ1n) is 3.08. The average molecular weight is 279 g/mol. The third-order valence-electron chi connectivity index (χ3n) is 1.33. The van der Waals surface area contributed by atoms with Crippen molar-refractivity contribution in [3.05, 3.63) is 27.3 Å². The lowest BCUT2D eigenvalue weighted by molar-refractivity contribution is 0.0703. The van der Waals surface area contributed by atoms with Gasteiger partial charge in [0.15, 0.2) is 0 Å². The number of phenols is 1. The number of carbonyl (C=O) groups is 1. The molecule has 4 nitrogen and oxygen atoms in total. The van der Waals surface area contributed by atoms with E-state index in [1.165, 1.54) is 11.5 Å². The van der Waals surface area contributed by atoms with Crippen LogP contribution >= 0.6 is 22.6 Å². The Labute approximate surface area is 82.3 Å². The molecule has 0 atom stereocenters. The SMILES string of the molecule is O=C(NO)c1cccc(I)c1O. The van der Waals surface area contributed by atoms with Crippen LogP contribution < -0.4 is 5.48 Å². The fourth-order valence-corrected chi connectivity index (χ4v) is 1.26. The molecule has 1 aromatic carbocycles. The van der Waals surface area contributed by atoms with Crippen LogP contribution in [0.3, 0.4) is 0 Å². The van der Waals surface area contributed by atoms with E-state index in [1.54, 1.807) is 12.1 Å². The van der Waals surface area contributed by atoms with Crippen LogP contribution in [0.25, 0.3) is 0 Å². The van der Waals surface area contributed by atoms with Gasteiger partial charge >= 0.3 is 0 Å². The molecule has 0 radical (unpaired) electrons. The Kier molecular flexibility index (Phi) is 2.88. The van der Waals surface area contributed by atoms with Gasteiger partial charge < -0.3 is 5.11 Å². The molecule has 0 heterocycles. The van der Waals surface area contributed by atoms with Crippen LogP contribution in [0.15, 0.2) is 18.2 Å². The molecule has 0 unspecified atom stereocenters. The molecule has 0 fully saturated rings. The number of hydrogen-bond donors (Lipinski definition) is 3. The number of benzene rings is 1. The van der Waals surface area contributed by atoms with E-state index < -0.39 is 5.91 Å². The van der Waals surface area contributed by atoms with Gasteiger partial charge in [-0.25, -0.2) is 5.48 Å². The van der Waals surface area contributed by atoms with Crippen molar-refractivity contribution in [2.24, 2.45) is 0 Å². The van der Waals surface area contributed by atoms with E-state index in [9.17, 15) is 9.90 Å². The molecular weight excluding hydrogens is 273 g/mol. The number of hydrogen-bond acceptors (Lipinski definition) is 3. The third kappa shape index (κ3) is 1.67. The maximum atomic E-state index is 10.9. The van der Waals surface area contributed by atoms with Crippen LogP contribution in [-0.2, 0) is 0 Å². The van der Waals surface area contributed by atoms with E-state index in [2.05, 4.69) is 0 Å². The van der Waals surface area contributed by atoms with Crippen molar-refractivity contribution in [3.8, 4) is 5.75 Å². The quantitative estimate of drug-likeness (QED) is 0.410. The smallest absolute Gasteiger partial charge is 0.278 e. The Morgan fingerprint density at radius 3 is 2.75 bits per heavy atom. The first kappa shape index (κ1) is 9.27. The second kappa shape index (κ2) is 3.72. The molecular formula is C7H6INO3. The maximum Gasteiger partial charge on any atom is 0.278 e. The van der Waals surface area contributed by atoms with Gasteiger partial charge in [-0.05, 0) is 34.7 Å². The molecule has 3 N–H and O–H groups in total. The molecule has 0 saturated carbocycles. The highest BCUT2D eigenvalue weighted by Gasteiger charge is 2.11. The monoisotopic (exact) mass is 279 g/mol. The van der Waals surface area contributed by atoms with Crippen LogP contribution in [0.2, 0.25) is 0 Å². The summed E-state index contributed by atoms with van der Waals surface area (Å²) in [4.78, 5) is 10.9. The Morgan fingerprint density at radius 2 is 2.17 bits per heavy atom. The zero-order chi connectivity index (χ0) is 9.14. The molecule has 1 amide bonds. The van der Waals surface area contributed by atoms with E-state index in [-0.39, 0.29) is 11.3 Å². The van der Waals surface area contributed by atoms with Crippen molar-refractivity contribution in [1.29, 1.82) is 0 Å². The van der Waals surface area contributed by atoms with Gasteiger partial charge in [-0.15, -0.1) is 0 Å².